The maximum atomic E-state index is 11.8. The zero-order valence-electron chi connectivity index (χ0n) is 9.45. The highest BCUT2D eigenvalue weighted by atomic mass is 32.1. The summed E-state index contributed by atoms with van der Waals surface area (Å²) >= 11 is 4.91. The summed E-state index contributed by atoms with van der Waals surface area (Å²) in [5, 5.41) is 3.01. The summed E-state index contributed by atoms with van der Waals surface area (Å²) in [5.74, 6) is 0.413. The fourth-order valence-electron chi connectivity index (χ4n) is 1.85. The predicted octanol–water partition coefficient (Wildman–Crippen LogP) is 1.60. The van der Waals surface area contributed by atoms with Crippen LogP contribution in [0.1, 0.15) is 39.5 Å². The number of amides is 1. The molecule has 1 amide bonds. The summed E-state index contributed by atoms with van der Waals surface area (Å²) in [5.41, 5.74) is 5.56. The van der Waals surface area contributed by atoms with Crippen molar-refractivity contribution in [3.05, 3.63) is 0 Å². The molecule has 0 heterocycles. The fourth-order valence-corrected chi connectivity index (χ4v) is 2.08. The summed E-state index contributed by atoms with van der Waals surface area (Å²) in [4.78, 5) is 12.1. The summed E-state index contributed by atoms with van der Waals surface area (Å²) in [6.45, 7) is 4.18. The van der Waals surface area contributed by atoms with Crippen LogP contribution in [-0.4, -0.2) is 16.9 Å². The van der Waals surface area contributed by atoms with Gasteiger partial charge in [0, 0.05) is 6.04 Å². The molecule has 1 aliphatic rings. The van der Waals surface area contributed by atoms with Crippen LogP contribution in [0.2, 0.25) is 0 Å². The van der Waals surface area contributed by atoms with E-state index in [4.69, 9.17) is 18.0 Å². The van der Waals surface area contributed by atoms with Crippen LogP contribution in [0.25, 0.3) is 0 Å². The molecule has 0 aromatic heterocycles. The average Bonchev–Trinajstić information content (AvgIpc) is 2.92. The van der Waals surface area contributed by atoms with Gasteiger partial charge in [0.1, 0.15) is 0 Å². The number of carbonyl (C=O) groups excluding carboxylic acids is 1. The highest BCUT2D eigenvalue weighted by Crippen LogP contribution is 2.33. The van der Waals surface area contributed by atoms with E-state index in [1.165, 1.54) is 0 Å². The molecule has 4 heteroatoms. The van der Waals surface area contributed by atoms with Gasteiger partial charge in [0.25, 0.3) is 0 Å². The van der Waals surface area contributed by atoms with Crippen LogP contribution in [0.5, 0.6) is 0 Å². The quantitative estimate of drug-likeness (QED) is 0.679. The summed E-state index contributed by atoms with van der Waals surface area (Å²) in [7, 11) is 0. The Morgan fingerprint density at radius 2 is 2.27 bits per heavy atom. The maximum absolute atomic E-state index is 11.8. The molecule has 3 N–H and O–H groups in total. The van der Waals surface area contributed by atoms with E-state index in [1.807, 2.05) is 6.92 Å². The number of hydrogen-bond acceptors (Lipinski definition) is 2. The molecule has 0 saturated heterocycles. The predicted molar refractivity (Wildman–Crippen MR) is 65.5 cm³/mol. The number of thiocarbonyl (C=S) groups is 1. The third-order valence-electron chi connectivity index (χ3n) is 3.01. The summed E-state index contributed by atoms with van der Waals surface area (Å²) in [6.07, 6.45) is 3.93. The number of hydrogen-bond donors (Lipinski definition) is 2. The van der Waals surface area contributed by atoms with Gasteiger partial charge in [-0.15, -0.1) is 0 Å². The van der Waals surface area contributed by atoms with Crippen molar-refractivity contribution in [2.24, 2.45) is 17.6 Å². The molecule has 3 nitrogen and oxygen atoms in total. The molecule has 0 radical (unpaired) electrons. The van der Waals surface area contributed by atoms with Crippen LogP contribution in [0.4, 0.5) is 0 Å². The second-order valence-electron chi connectivity index (χ2n) is 4.26. The lowest BCUT2D eigenvalue weighted by atomic mass is 10.0. The Kier molecular flexibility index (Phi) is 4.51. The second-order valence-corrected chi connectivity index (χ2v) is 4.73. The first kappa shape index (κ1) is 12.4. The van der Waals surface area contributed by atoms with Crippen molar-refractivity contribution < 1.29 is 4.79 Å². The largest absolute Gasteiger partial charge is 0.393 e. The van der Waals surface area contributed by atoms with E-state index in [0.717, 1.165) is 25.7 Å². The van der Waals surface area contributed by atoms with E-state index < -0.39 is 0 Å². The molecule has 1 saturated carbocycles. The monoisotopic (exact) mass is 228 g/mol. The van der Waals surface area contributed by atoms with Crippen molar-refractivity contribution in [3.8, 4) is 0 Å². The van der Waals surface area contributed by atoms with Crippen LogP contribution >= 0.6 is 12.2 Å². The van der Waals surface area contributed by atoms with Crippen LogP contribution in [0.15, 0.2) is 0 Å². The molecule has 0 aromatic carbocycles. The molecule has 0 aromatic rings. The minimum atomic E-state index is -0.275. The molecule has 3 atom stereocenters. The van der Waals surface area contributed by atoms with E-state index in [-0.39, 0.29) is 11.8 Å². The number of rotatable bonds is 6. The first-order valence-electron chi connectivity index (χ1n) is 5.69. The van der Waals surface area contributed by atoms with Gasteiger partial charge in [0.15, 0.2) is 0 Å². The van der Waals surface area contributed by atoms with Gasteiger partial charge < -0.3 is 11.1 Å². The lowest BCUT2D eigenvalue weighted by Crippen LogP contribution is -2.39. The van der Waals surface area contributed by atoms with E-state index in [9.17, 15) is 4.79 Å². The first-order chi connectivity index (χ1) is 7.10. The minimum Gasteiger partial charge on any atom is -0.393 e. The van der Waals surface area contributed by atoms with Gasteiger partial charge in [0.05, 0.1) is 10.9 Å². The van der Waals surface area contributed by atoms with Gasteiger partial charge in [-0.05, 0) is 18.8 Å². The molecule has 1 rings (SSSR count). The van der Waals surface area contributed by atoms with Gasteiger partial charge >= 0.3 is 0 Å². The second kappa shape index (κ2) is 5.45. The highest BCUT2D eigenvalue weighted by Gasteiger charge is 2.37. The van der Waals surface area contributed by atoms with Gasteiger partial charge in [-0.2, -0.15) is 0 Å². The Morgan fingerprint density at radius 1 is 1.60 bits per heavy atom. The Hall–Kier alpha value is -0.640. The van der Waals surface area contributed by atoms with Crippen molar-refractivity contribution in [1.82, 2.24) is 5.32 Å². The highest BCUT2D eigenvalue weighted by molar-refractivity contribution is 7.80. The maximum Gasteiger partial charge on any atom is 0.230 e. The molecular weight excluding hydrogens is 208 g/mol. The Labute approximate surface area is 96.8 Å². The fraction of sp³-hybridized carbons (Fsp3) is 0.818. The molecule has 1 aliphatic carbocycles. The van der Waals surface area contributed by atoms with Gasteiger partial charge in [0.2, 0.25) is 5.91 Å². The van der Waals surface area contributed by atoms with Gasteiger partial charge in [-0.3, -0.25) is 4.79 Å². The standard InChI is InChI=1S/C11H20N2OS/c1-3-5-8(10(12)15)11(14)13-9-6-7(9)4-2/h7-9H,3-6H2,1-2H3,(H2,12,15)(H,13,14). The molecule has 0 spiro atoms. The smallest absolute Gasteiger partial charge is 0.230 e. The van der Waals surface area contributed by atoms with Crippen molar-refractivity contribution in [2.45, 2.75) is 45.6 Å². The summed E-state index contributed by atoms with van der Waals surface area (Å²) in [6, 6.07) is 0.371. The molecule has 1 fully saturated rings. The summed E-state index contributed by atoms with van der Waals surface area (Å²) < 4.78 is 0. The molecular formula is C11H20N2OS. The zero-order chi connectivity index (χ0) is 11.4. The lowest BCUT2D eigenvalue weighted by Gasteiger charge is -2.14. The van der Waals surface area contributed by atoms with Gasteiger partial charge in [-0.25, -0.2) is 0 Å². The number of nitrogens with one attached hydrogen (secondary N) is 1. The SMILES string of the molecule is CCCC(C(=O)NC1CC1CC)C(N)=S. The van der Waals surface area contributed by atoms with E-state index >= 15 is 0 Å². The molecule has 0 bridgehead atoms. The number of carbonyl (C=O) groups is 1. The average molecular weight is 228 g/mol. The Balaban J connectivity index is 2.40. The molecule has 15 heavy (non-hydrogen) atoms. The normalized spacial score (nSPS) is 25.7. The van der Waals surface area contributed by atoms with Crippen LogP contribution in [0, 0.1) is 11.8 Å². The third kappa shape index (κ3) is 3.45. The molecule has 3 unspecified atom stereocenters. The van der Waals surface area contributed by atoms with Crippen molar-refractivity contribution in [1.29, 1.82) is 0 Å². The van der Waals surface area contributed by atoms with E-state index in [0.29, 0.717) is 16.9 Å². The van der Waals surface area contributed by atoms with Gasteiger partial charge in [-0.1, -0.05) is 38.9 Å². The molecule has 86 valence electrons. The number of nitrogens with two attached hydrogens (primary N) is 1. The van der Waals surface area contributed by atoms with Crippen LogP contribution < -0.4 is 11.1 Å². The van der Waals surface area contributed by atoms with Crippen molar-refractivity contribution >= 4 is 23.1 Å². The Bertz CT molecular complexity index is 255. The van der Waals surface area contributed by atoms with Crippen molar-refractivity contribution in [2.75, 3.05) is 0 Å². The zero-order valence-corrected chi connectivity index (χ0v) is 10.3. The minimum absolute atomic E-state index is 0.0188. The third-order valence-corrected chi connectivity index (χ3v) is 3.30. The Morgan fingerprint density at radius 3 is 2.67 bits per heavy atom. The first-order valence-corrected chi connectivity index (χ1v) is 6.10. The van der Waals surface area contributed by atoms with E-state index in [1.54, 1.807) is 0 Å². The topological polar surface area (TPSA) is 55.1 Å². The molecule has 0 aliphatic heterocycles. The lowest BCUT2D eigenvalue weighted by molar-refractivity contribution is -0.123. The van der Waals surface area contributed by atoms with E-state index in [2.05, 4.69) is 12.2 Å². The van der Waals surface area contributed by atoms with Crippen LogP contribution in [0.3, 0.4) is 0 Å². The van der Waals surface area contributed by atoms with Crippen molar-refractivity contribution in [3.63, 3.8) is 0 Å². The van der Waals surface area contributed by atoms with Crippen LogP contribution in [-0.2, 0) is 4.79 Å².